The number of piperazine rings is 1. The molecule has 31 heavy (non-hydrogen) atoms. The van der Waals surface area contributed by atoms with Crippen molar-refractivity contribution in [3.05, 3.63) is 41.6 Å². The Morgan fingerprint density at radius 2 is 1.74 bits per heavy atom. The van der Waals surface area contributed by atoms with Crippen LogP contribution < -0.4 is 4.90 Å². The molecule has 12 heteroatoms. The maximum Gasteiger partial charge on any atom is 0.244 e. The zero-order valence-electron chi connectivity index (χ0n) is 17.6. The van der Waals surface area contributed by atoms with Gasteiger partial charge in [-0.05, 0) is 30.4 Å². The molecule has 0 spiro atoms. The third kappa shape index (κ3) is 4.33. The van der Waals surface area contributed by atoms with Crippen molar-refractivity contribution < 1.29 is 8.42 Å². The number of sulfonamides is 1. The van der Waals surface area contributed by atoms with Gasteiger partial charge in [0.25, 0.3) is 0 Å². The van der Waals surface area contributed by atoms with Gasteiger partial charge in [-0.25, -0.2) is 23.1 Å². The maximum absolute atomic E-state index is 12.8. The molecule has 0 unspecified atom stereocenters. The second-order valence-electron chi connectivity index (χ2n) is 7.26. The van der Waals surface area contributed by atoms with E-state index in [1.165, 1.54) is 4.31 Å². The molecule has 166 valence electrons. The van der Waals surface area contributed by atoms with Crippen molar-refractivity contribution in [1.82, 2.24) is 33.4 Å². The van der Waals surface area contributed by atoms with Crippen molar-refractivity contribution >= 4 is 33.8 Å². The van der Waals surface area contributed by atoms with Crippen LogP contribution in [0.2, 0.25) is 0 Å². The van der Waals surface area contributed by atoms with E-state index < -0.39 is 10.0 Å². The minimum absolute atomic E-state index is 0.218. The van der Waals surface area contributed by atoms with Crippen LogP contribution in [0, 0.1) is 4.77 Å². The van der Waals surface area contributed by atoms with Gasteiger partial charge in [0, 0.05) is 57.9 Å². The molecule has 0 saturated carbocycles. The molecule has 0 N–H and O–H groups in total. The number of rotatable bonds is 7. The number of hydrogen-bond donors (Lipinski definition) is 0. The Bertz CT molecular complexity index is 1200. The molecule has 0 radical (unpaired) electrons. The number of hydrogen-bond acceptors (Lipinski definition) is 8. The Balaban J connectivity index is 1.51. The lowest BCUT2D eigenvalue weighted by molar-refractivity contribution is 0.194. The highest BCUT2D eigenvalue weighted by atomic mass is 32.2. The average molecular weight is 463 g/mol. The van der Waals surface area contributed by atoms with Crippen LogP contribution in [0.4, 0.5) is 5.95 Å². The van der Waals surface area contributed by atoms with E-state index in [4.69, 9.17) is 12.2 Å². The fraction of sp³-hybridized carbons (Fsp3) is 0.474. The van der Waals surface area contributed by atoms with Crippen molar-refractivity contribution in [1.29, 1.82) is 0 Å². The lowest BCUT2D eigenvalue weighted by Gasteiger charge is -2.34. The third-order valence-electron chi connectivity index (χ3n) is 5.43. The fourth-order valence-electron chi connectivity index (χ4n) is 3.69. The number of aromatic nitrogens is 5. The zero-order valence-corrected chi connectivity index (χ0v) is 19.3. The zero-order chi connectivity index (χ0) is 22.0. The largest absolute Gasteiger partial charge is 0.338 e. The fourth-order valence-corrected chi connectivity index (χ4v) is 5.39. The Morgan fingerprint density at radius 3 is 2.39 bits per heavy atom. The highest BCUT2D eigenvalue weighted by molar-refractivity contribution is 7.89. The molecule has 0 aromatic carbocycles. The number of fused-ring (bicyclic) bond motifs is 1. The van der Waals surface area contributed by atoms with Crippen molar-refractivity contribution in [2.24, 2.45) is 0 Å². The highest BCUT2D eigenvalue weighted by Crippen LogP contribution is 2.17. The summed E-state index contributed by atoms with van der Waals surface area (Å²) < 4.78 is 31.0. The summed E-state index contributed by atoms with van der Waals surface area (Å²) in [6, 6.07) is 5.10. The van der Waals surface area contributed by atoms with Crippen LogP contribution in [0.1, 0.15) is 13.8 Å². The molecule has 1 saturated heterocycles. The maximum atomic E-state index is 12.8. The Morgan fingerprint density at radius 1 is 1.06 bits per heavy atom. The summed E-state index contributed by atoms with van der Waals surface area (Å²) in [6.07, 6.45) is 5.07. The summed E-state index contributed by atoms with van der Waals surface area (Å²) in [7, 11) is -3.56. The summed E-state index contributed by atoms with van der Waals surface area (Å²) in [5.41, 5.74) is 0.625. The molecule has 1 aliphatic heterocycles. The van der Waals surface area contributed by atoms with E-state index in [1.54, 1.807) is 39.8 Å². The van der Waals surface area contributed by atoms with E-state index in [0.29, 0.717) is 30.2 Å². The van der Waals surface area contributed by atoms with E-state index in [9.17, 15) is 8.42 Å². The summed E-state index contributed by atoms with van der Waals surface area (Å²) in [5, 5.41) is 4.58. The van der Waals surface area contributed by atoms with Gasteiger partial charge in [0.05, 0.1) is 11.6 Å². The van der Waals surface area contributed by atoms with Gasteiger partial charge in [0.15, 0.2) is 5.65 Å². The predicted molar refractivity (Wildman–Crippen MR) is 120 cm³/mol. The Hall–Kier alpha value is -2.41. The lowest BCUT2D eigenvalue weighted by Crippen LogP contribution is -2.47. The molecule has 10 nitrogen and oxygen atoms in total. The lowest BCUT2D eigenvalue weighted by atomic mass is 10.3. The first-order valence-corrected chi connectivity index (χ1v) is 12.1. The van der Waals surface area contributed by atoms with Gasteiger partial charge in [-0.3, -0.25) is 9.30 Å². The minimum atomic E-state index is -3.56. The van der Waals surface area contributed by atoms with Gasteiger partial charge in [0.1, 0.15) is 0 Å². The molecule has 1 fully saturated rings. The molecular formula is C19H26N8O2S2. The average Bonchev–Trinajstić information content (AvgIpc) is 3.10. The van der Waals surface area contributed by atoms with Crippen molar-refractivity contribution in [3.63, 3.8) is 0 Å². The Labute approximate surface area is 186 Å². The van der Waals surface area contributed by atoms with Gasteiger partial charge in [0.2, 0.25) is 20.7 Å². The SMILES string of the molecule is CCN(CC)S(=O)(=O)c1ccc2nn(CN3CCN(c4ncccn4)CC3)c(=S)n2c1. The first-order valence-electron chi connectivity index (χ1n) is 10.3. The van der Waals surface area contributed by atoms with Gasteiger partial charge < -0.3 is 4.90 Å². The molecule has 0 atom stereocenters. The quantitative estimate of drug-likeness (QED) is 0.488. The van der Waals surface area contributed by atoms with E-state index in [-0.39, 0.29) is 4.90 Å². The van der Waals surface area contributed by atoms with Crippen LogP contribution in [-0.2, 0) is 16.7 Å². The molecule has 0 amide bonds. The first kappa shape index (κ1) is 21.8. The number of pyridine rings is 1. The van der Waals surface area contributed by atoms with Gasteiger partial charge in [-0.15, -0.1) is 0 Å². The Kier molecular flexibility index (Phi) is 6.32. The van der Waals surface area contributed by atoms with Crippen LogP contribution in [0.5, 0.6) is 0 Å². The summed E-state index contributed by atoms with van der Waals surface area (Å²) in [6.45, 7) is 8.32. The predicted octanol–water partition coefficient (Wildman–Crippen LogP) is 1.47. The minimum Gasteiger partial charge on any atom is -0.338 e. The summed E-state index contributed by atoms with van der Waals surface area (Å²) in [4.78, 5) is 13.3. The summed E-state index contributed by atoms with van der Waals surface area (Å²) in [5.74, 6) is 0.744. The topological polar surface area (TPSA) is 91.9 Å². The normalized spacial score (nSPS) is 15.8. The van der Waals surface area contributed by atoms with Crippen LogP contribution in [0.3, 0.4) is 0 Å². The van der Waals surface area contributed by atoms with E-state index in [1.807, 2.05) is 19.9 Å². The molecule has 0 bridgehead atoms. The third-order valence-corrected chi connectivity index (χ3v) is 7.88. The second-order valence-corrected chi connectivity index (χ2v) is 9.56. The van der Waals surface area contributed by atoms with E-state index in [0.717, 1.165) is 32.1 Å². The van der Waals surface area contributed by atoms with Crippen molar-refractivity contribution in [2.45, 2.75) is 25.4 Å². The van der Waals surface area contributed by atoms with Crippen LogP contribution in [0.15, 0.2) is 41.7 Å². The number of anilines is 1. The molecular weight excluding hydrogens is 436 g/mol. The van der Waals surface area contributed by atoms with Gasteiger partial charge in [-0.1, -0.05) is 13.8 Å². The highest BCUT2D eigenvalue weighted by Gasteiger charge is 2.23. The first-order chi connectivity index (χ1) is 14.9. The van der Waals surface area contributed by atoms with Gasteiger partial charge >= 0.3 is 0 Å². The molecule has 4 heterocycles. The molecule has 0 aliphatic carbocycles. The summed E-state index contributed by atoms with van der Waals surface area (Å²) >= 11 is 5.60. The smallest absolute Gasteiger partial charge is 0.244 e. The van der Waals surface area contributed by atoms with Crippen LogP contribution in [-0.4, -0.2) is 81.0 Å². The number of nitrogens with zero attached hydrogens (tertiary/aromatic N) is 8. The molecule has 4 rings (SSSR count). The van der Waals surface area contributed by atoms with Crippen molar-refractivity contribution in [2.75, 3.05) is 44.2 Å². The van der Waals surface area contributed by atoms with Crippen molar-refractivity contribution in [3.8, 4) is 0 Å². The molecule has 3 aromatic rings. The van der Waals surface area contributed by atoms with Gasteiger partial charge in [-0.2, -0.15) is 9.40 Å². The molecule has 3 aromatic heterocycles. The van der Waals surface area contributed by atoms with Crippen LogP contribution in [0.25, 0.3) is 5.65 Å². The van der Waals surface area contributed by atoms with E-state index >= 15 is 0 Å². The van der Waals surface area contributed by atoms with E-state index in [2.05, 4.69) is 24.9 Å². The monoisotopic (exact) mass is 462 g/mol. The standard InChI is InChI=1S/C19H26N8O2S2/c1-3-25(4-2)31(28,29)16-6-7-17-22-27(19(30)26(17)14-16)15-23-10-12-24(13-11-23)18-20-8-5-9-21-18/h5-9,14H,3-4,10-13,15H2,1-2H3. The van der Waals surface area contributed by atoms with Crippen LogP contribution >= 0.6 is 12.2 Å². The second kappa shape index (κ2) is 8.99. The molecule has 1 aliphatic rings.